The van der Waals surface area contributed by atoms with Crippen LogP contribution in [0.3, 0.4) is 0 Å². The van der Waals surface area contributed by atoms with Gasteiger partial charge in [0.2, 0.25) is 0 Å². The van der Waals surface area contributed by atoms with Gasteiger partial charge in [-0.1, -0.05) is 31.9 Å². The highest BCUT2D eigenvalue weighted by Gasteiger charge is 2.21. The Morgan fingerprint density at radius 3 is 2.85 bits per heavy atom. The average Bonchev–Trinajstić information content (AvgIpc) is 2.81. The number of allylic oxidation sites excluding steroid dienone is 5. The Labute approximate surface area is 121 Å². The van der Waals surface area contributed by atoms with Crippen LogP contribution in [0.5, 0.6) is 0 Å². The third-order valence-electron chi connectivity index (χ3n) is 3.62. The molecule has 0 saturated carbocycles. The van der Waals surface area contributed by atoms with Crippen molar-refractivity contribution in [2.24, 2.45) is 5.92 Å². The number of carbonyl (C=O) groups is 1. The highest BCUT2D eigenvalue weighted by atomic mass is 16.5. The summed E-state index contributed by atoms with van der Waals surface area (Å²) in [5.74, 6) is 2.63. The molecule has 0 aromatic carbocycles. The van der Waals surface area contributed by atoms with Crippen molar-refractivity contribution in [1.29, 1.82) is 0 Å². The molecule has 3 nitrogen and oxygen atoms in total. The fourth-order valence-corrected chi connectivity index (χ4v) is 2.40. The van der Waals surface area contributed by atoms with E-state index in [4.69, 9.17) is 4.74 Å². The summed E-state index contributed by atoms with van der Waals surface area (Å²) >= 11 is 0. The van der Waals surface area contributed by atoms with Crippen LogP contribution in [0.2, 0.25) is 0 Å². The minimum Gasteiger partial charge on any atom is -0.490 e. The molecule has 1 unspecified atom stereocenters. The van der Waals surface area contributed by atoms with Gasteiger partial charge in [0.05, 0.1) is 7.11 Å². The zero-order valence-corrected chi connectivity index (χ0v) is 12.5. The number of ether oxygens (including phenoxy) is 1. The third kappa shape index (κ3) is 5.18. The first-order valence-corrected chi connectivity index (χ1v) is 7.43. The van der Waals surface area contributed by atoms with E-state index in [0.29, 0.717) is 18.1 Å². The summed E-state index contributed by atoms with van der Waals surface area (Å²) in [6.45, 7) is 2.16. The lowest BCUT2D eigenvalue weighted by Crippen LogP contribution is -2.03. The van der Waals surface area contributed by atoms with Crippen LogP contribution in [0, 0.1) is 5.92 Å². The molecule has 0 saturated heterocycles. The average molecular weight is 276 g/mol. The molecule has 0 bridgehead atoms. The highest BCUT2D eigenvalue weighted by Crippen LogP contribution is 2.27. The van der Waals surface area contributed by atoms with Crippen molar-refractivity contribution in [1.82, 2.24) is 0 Å². The number of hydrogen-bond acceptors (Lipinski definition) is 3. The highest BCUT2D eigenvalue weighted by molar-refractivity contribution is 6.07. The van der Waals surface area contributed by atoms with Gasteiger partial charge in [-0.25, -0.2) is 4.79 Å². The first-order valence-electron chi connectivity index (χ1n) is 7.43. The summed E-state index contributed by atoms with van der Waals surface area (Å²) in [5.41, 5.74) is 0.955. The summed E-state index contributed by atoms with van der Waals surface area (Å²) in [7, 11) is 1.49. The molecule has 1 atom stereocenters. The monoisotopic (exact) mass is 276 g/mol. The van der Waals surface area contributed by atoms with E-state index in [1.165, 1.54) is 7.11 Å². The zero-order chi connectivity index (χ0) is 14.8. The maximum atomic E-state index is 11.8. The normalized spacial score (nSPS) is 19.4. The quantitative estimate of drug-likeness (QED) is 0.278. The van der Waals surface area contributed by atoms with Crippen LogP contribution in [0.4, 0.5) is 0 Å². The fraction of sp³-hybridized carbons (Fsp3) is 0.588. The summed E-state index contributed by atoms with van der Waals surface area (Å²) in [5, 5.41) is 0. The van der Waals surface area contributed by atoms with Gasteiger partial charge in [-0.15, -0.1) is 0 Å². The van der Waals surface area contributed by atoms with Gasteiger partial charge in [0.1, 0.15) is 0 Å². The molecular weight excluding hydrogens is 252 g/mol. The molecule has 0 radical (unpaired) electrons. The second-order valence-electron chi connectivity index (χ2n) is 5.11. The summed E-state index contributed by atoms with van der Waals surface area (Å²) in [6, 6.07) is 0. The third-order valence-corrected chi connectivity index (χ3v) is 3.62. The molecule has 0 spiro atoms. The van der Waals surface area contributed by atoms with Crippen molar-refractivity contribution < 1.29 is 14.3 Å². The predicted molar refractivity (Wildman–Crippen MR) is 79.9 cm³/mol. The van der Waals surface area contributed by atoms with Crippen LogP contribution < -0.4 is 0 Å². The first-order chi connectivity index (χ1) is 9.72. The SMILES string of the molecule is CCCCC1C=CC(=O)C1=CCCCCC(=C=O)OC. The summed E-state index contributed by atoms with van der Waals surface area (Å²) in [4.78, 5) is 22.2. The summed E-state index contributed by atoms with van der Waals surface area (Å²) < 4.78 is 4.87. The van der Waals surface area contributed by atoms with Crippen LogP contribution in [0.25, 0.3) is 0 Å². The van der Waals surface area contributed by atoms with Crippen LogP contribution in [-0.4, -0.2) is 18.8 Å². The maximum absolute atomic E-state index is 11.8. The molecule has 0 aromatic rings. The lowest BCUT2D eigenvalue weighted by Gasteiger charge is -2.09. The Bertz CT molecular complexity index is 426. The number of unbranched alkanes of at least 4 members (excludes halogenated alkanes) is 3. The predicted octanol–water partition coefficient (Wildman–Crippen LogP) is 3.78. The molecular formula is C17H24O3. The Morgan fingerprint density at radius 2 is 2.20 bits per heavy atom. The molecule has 0 heterocycles. The molecule has 110 valence electrons. The molecule has 0 N–H and O–H groups in total. The van der Waals surface area contributed by atoms with E-state index in [1.54, 1.807) is 12.0 Å². The fourth-order valence-electron chi connectivity index (χ4n) is 2.40. The van der Waals surface area contributed by atoms with E-state index in [0.717, 1.165) is 44.1 Å². The molecule has 0 aliphatic heterocycles. The van der Waals surface area contributed by atoms with E-state index in [1.807, 2.05) is 6.08 Å². The van der Waals surface area contributed by atoms with Gasteiger partial charge in [-0.3, -0.25) is 4.79 Å². The van der Waals surface area contributed by atoms with Gasteiger partial charge < -0.3 is 4.74 Å². The number of ketones is 1. The molecule has 1 aliphatic carbocycles. The molecule has 1 aliphatic rings. The first kappa shape index (κ1) is 16.5. The number of carbonyl (C=O) groups excluding carboxylic acids is 2. The second kappa shape index (κ2) is 9.33. The van der Waals surface area contributed by atoms with Crippen molar-refractivity contribution in [2.45, 2.75) is 51.9 Å². The van der Waals surface area contributed by atoms with Crippen molar-refractivity contribution in [3.63, 3.8) is 0 Å². The Balaban J connectivity index is 2.36. The lowest BCUT2D eigenvalue weighted by atomic mass is 9.95. The topological polar surface area (TPSA) is 43.4 Å². The van der Waals surface area contributed by atoms with E-state index >= 15 is 0 Å². The van der Waals surface area contributed by atoms with Gasteiger partial charge in [-0.2, -0.15) is 0 Å². The Hall–Kier alpha value is -1.60. The zero-order valence-electron chi connectivity index (χ0n) is 12.5. The van der Waals surface area contributed by atoms with Gasteiger partial charge in [-0.05, 0) is 31.8 Å². The van der Waals surface area contributed by atoms with Crippen LogP contribution in [0.1, 0.15) is 51.9 Å². The Kier molecular flexibility index (Phi) is 7.67. The minimum absolute atomic E-state index is 0.163. The van der Waals surface area contributed by atoms with Crippen molar-refractivity contribution in [3.05, 3.63) is 29.6 Å². The Morgan fingerprint density at radius 1 is 1.40 bits per heavy atom. The maximum Gasteiger partial charge on any atom is 0.181 e. The molecule has 20 heavy (non-hydrogen) atoms. The van der Waals surface area contributed by atoms with E-state index in [2.05, 4.69) is 13.0 Å². The smallest absolute Gasteiger partial charge is 0.181 e. The van der Waals surface area contributed by atoms with Gasteiger partial charge >= 0.3 is 0 Å². The number of methoxy groups -OCH3 is 1. The van der Waals surface area contributed by atoms with Gasteiger partial charge in [0.15, 0.2) is 17.5 Å². The van der Waals surface area contributed by atoms with E-state index in [9.17, 15) is 9.59 Å². The second-order valence-corrected chi connectivity index (χ2v) is 5.11. The minimum atomic E-state index is 0.163. The van der Waals surface area contributed by atoms with Crippen molar-refractivity contribution >= 4 is 11.7 Å². The molecule has 0 amide bonds. The number of rotatable bonds is 9. The van der Waals surface area contributed by atoms with Gasteiger partial charge in [0.25, 0.3) is 0 Å². The summed E-state index contributed by atoms with van der Waals surface area (Å²) in [6.07, 6.45) is 12.5. The number of hydrogen-bond donors (Lipinski definition) is 0. The van der Waals surface area contributed by atoms with Gasteiger partial charge in [0, 0.05) is 17.9 Å². The van der Waals surface area contributed by atoms with Crippen molar-refractivity contribution in [2.75, 3.05) is 7.11 Å². The molecule has 3 heteroatoms. The molecule has 1 rings (SSSR count). The standard InChI is InChI=1S/C17H24O3/c1-3-4-8-14-11-12-17(19)16(14)10-7-5-6-9-15(13-18)20-2/h10-12,14H,3-9H2,1-2H3. The van der Waals surface area contributed by atoms with Crippen LogP contribution >= 0.6 is 0 Å². The lowest BCUT2D eigenvalue weighted by molar-refractivity contribution is -0.111. The van der Waals surface area contributed by atoms with Crippen LogP contribution in [0.15, 0.2) is 29.6 Å². The van der Waals surface area contributed by atoms with E-state index < -0.39 is 0 Å². The van der Waals surface area contributed by atoms with Crippen molar-refractivity contribution in [3.8, 4) is 0 Å². The largest absolute Gasteiger partial charge is 0.490 e. The van der Waals surface area contributed by atoms with Crippen LogP contribution in [-0.2, 0) is 14.3 Å². The van der Waals surface area contributed by atoms with E-state index in [-0.39, 0.29) is 5.78 Å². The molecule has 0 fully saturated rings. The molecule has 0 aromatic heterocycles.